The van der Waals surface area contributed by atoms with Crippen LogP contribution in [0.1, 0.15) is 42.7 Å². The molecule has 0 unspecified atom stereocenters. The molecule has 3 rings (SSSR count). The lowest BCUT2D eigenvalue weighted by atomic mass is 9.73. The van der Waals surface area contributed by atoms with Gasteiger partial charge in [-0.05, 0) is 37.2 Å². The molecule has 1 aliphatic carbocycles. The maximum atomic E-state index is 13.4. The zero-order chi connectivity index (χ0) is 16.3. The minimum Gasteiger partial charge on any atom is -0.452 e. The standard InChI is InChI=1S/C17H19FN2OS2/c18-14-8-6-13(7-9-14)17(21-16(19)22,15-20-10-11-23-15)12-4-2-1-3-5-12/h6-12H,1-5H2,(H2,19,22)/t17-/m0/s1. The molecule has 6 heteroatoms. The molecule has 0 radical (unpaired) electrons. The third-order valence-electron chi connectivity index (χ3n) is 4.46. The maximum absolute atomic E-state index is 13.4. The molecule has 3 nitrogen and oxygen atoms in total. The molecule has 1 fully saturated rings. The van der Waals surface area contributed by atoms with Crippen LogP contribution in [0.3, 0.4) is 0 Å². The average Bonchev–Trinajstić information content (AvgIpc) is 3.09. The summed E-state index contributed by atoms with van der Waals surface area (Å²) >= 11 is 6.59. The third kappa shape index (κ3) is 3.23. The van der Waals surface area contributed by atoms with Crippen LogP contribution in [0, 0.1) is 11.7 Å². The molecule has 1 aromatic carbocycles. The Morgan fingerprint density at radius 3 is 2.52 bits per heavy atom. The van der Waals surface area contributed by atoms with Crippen LogP contribution in [-0.4, -0.2) is 10.2 Å². The highest BCUT2D eigenvalue weighted by molar-refractivity contribution is 7.80. The minimum atomic E-state index is -0.825. The summed E-state index contributed by atoms with van der Waals surface area (Å²) in [5, 5.41) is 2.73. The first kappa shape index (κ1) is 16.3. The van der Waals surface area contributed by atoms with Gasteiger partial charge >= 0.3 is 0 Å². The van der Waals surface area contributed by atoms with Crippen LogP contribution < -0.4 is 5.73 Å². The van der Waals surface area contributed by atoms with Gasteiger partial charge in [-0.3, -0.25) is 0 Å². The summed E-state index contributed by atoms with van der Waals surface area (Å²) in [6, 6.07) is 6.40. The molecule has 0 amide bonds. The molecular formula is C17H19FN2OS2. The number of nitrogens with two attached hydrogens (primary N) is 1. The van der Waals surface area contributed by atoms with Crippen LogP contribution in [0.2, 0.25) is 0 Å². The summed E-state index contributed by atoms with van der Waals surface area (Å²) in [5.41, 5.74) is 5.80. The molecule has 122 valence electrons. The molecule has 1 aromatic heterocycles. The zero-order valence-electron chi connectivity index (χ0n) is 12.7. The Morgan fingerprint density at radius 1 is 1.26 bits per heavy atom. The highest BCUT2D eigenvalue weighted by Crippen LogP contribution is 2.47. The fourth-order valence-electron chi connectivity index (χ4n) is 3.49. The quantitative estimate of drug-likeness (QED) is 0.832. The van der Waals surface area contributed by atoms with Gasteiger partial charge in [0.15, 0.2) is 5.60 Å². The number of thiocarbonyl (C=S) groups is 1. The molecule has 23 heavy (non-hydrogen) atoms. The number of thiazole rings is 1. The molecule has 0 bridgehead atoms. The molecule has 1 aliphatic rings. The average molecular weight is 350 g/mol. The number of benzene rings is 1. The van der Waals surface area contributed by atoms with Crippen molar-refractivity contribution in [3.63, 3.8) is 0 Å². The molecule has 1 atom stereocenters. The topological polar surface area (TPSA) is 48.1 Å². The lowest BCUT2D eigenvalue weighted by molar-refractivity contribution is 0.0142. The molecular weight excluding hydrogens is 331 g/mol. The first-order valence-electron chi connectivity index (χ1n) is 7.77. The fourth-order valence-corrected chi connectivity index (χ4v) is 4.50. The Hall–Kier alpha value is -1.53. The second kappa shape index (κ2) is 6.93. The van der Waals surface area contributed by atoms with E-state index in [4.69, 9.17) is 22.7 Å². The minimum absolute atomic E-state index is 0.00454. The lowest BCUT2D eigenvalue weighted by Crippen LogP contribution is -2.43. The first-order chi connectivity index (χ1) is 11.1. The molecule has 0 aliphatic heterocycles. The fraction of sp³-hybridized carbons (Fsp3) is 0.412. The van der Waals surface area contributed by atoms with E-state index in [1.165, 1.54) is 29.9 Å². The largest absolute Gasteiger partial charge is 0.452 e. The van der Waals surface area contributed by atoms with E-state index in [0.717, 1.165) is 36.3 Å². The van der Waals surface area contributed by atoms with Gasteiger partial charge < -0.3 is 10.5 Å². The Kier molecular flexibility index (Phi) is 4.92. The van der Waals surface area contributed by atoms with E-state index in [1.54, 1.807) is 18.3 Å². The third-order valence-corrected chi connectivity index (χ3v) is 5.44. The number of aromatic nitrogens is 1. The van der Waals surface area contributed by atoms with Gasteiger partial charge in [-0.1, -0.05) is 31.4 Å². The van der Waals surface area contributed by atoms with E-state index < -0.39 is 5.60 Å². The van der Waals surface area contributed by atoms with Gasteiger partial charge in [-0.2, -0.15) is 0 Å². The molecule has 0 saturated heterocycles. The van der Waals surface area contributed by atoms with Crippen molar-refractivity contribution in [2.45, 2.75) is 37.7 Å². The molecule has 1 heterocycles. The second-order valence-electron chi connectivity index (χ2n) is 5.84. The Morgan fingerprint density at radius 2 is 1.96 bits per heavy atom. The Balaban J connectivity index is 2.15. The van der Waals surface area contributed by atoms with Crippen molar-refractivity contribution in [1.82, 2.24) is 4.98 Å². The van der Waals surface area contributed by atoms with Crippen molar-refractivity contribution in [3.05, 3.63) is 52.2 Å². The van der Waals surface area contributed by atoms with E-state index in [1.807, 2.05) is 5.38 Å². The van der Waals surface area contributed by atoms with Gasteiger partial charge in [0.05, 0.1) is 0 Å². The Labute approximate surface area is 144 Å². The van der Waals surface area contributed by atoms with Crippen molar-refractivity contribution in [2.24, 2.45) is 11.7 Å². The molecule has 2 N–H and O–H groups in total. The van der Waals surface area contributed by atoms with Crippen LogP contribution in [0.15, 0.2) is 35.8 Å². The van der Waals surface area contributed by atoms with Crippen LogP contribution >= 0.6 is 23.6 Å². The normalized spacial score (nSPS) is 18.3. The predicted octanol–water partition coefficient (Wildman–Crippen LogP) is 4.37. The van der Waals surface area contributed by atoms with Crippen LogP contribution in [0.25, 0.3) is 0 Å². The smallest absolute Gasteiger partial charge is 0.255 e. The number of nitrogens with zero attached hydrogens (tertiary/aromatic N) is 1. The predicted molar refractivity (Wildman–Crippen MR) is 93.7 cm³/mol. The highest BCUT2D eigenvalue weighted by Gasteiger charge is 2.47. The van der Waals surface area contributed by atoms with Gasteiger partial charge in [0.1, 0.15) is 10.8 Å². The summed E-state index contributed by atoms with van der Waals surface area (Å²) in [6.07, 6.45) is 7.28. The van der Waals surface area contributed by atoms with Gasteiger partial charge in [0, 0.05) is 23.1 Å². The Bertz CT molecular complexity index is 654. The van der Waals surface area contributed by atoms with Crippen molar-refractivity contribution < 1.29 is 9.13 Å². The van der Waals surface area contributed by atoms with Crippen LogP contribution in [0.5, 0.6) is 0 Å². The SMILES string of the molecule is NC(=S)O[C@@](c1ccc(F)cc1)(c1nccs1)C1CCCCC1. The van der Waals surface area contributed by atoms with Crippen molar-refractivity contribution in [2.75, 3.05) is 0 Å². The second-order valence-corrected chi connectivity index (χ2v) is 7.13. The van der Waals surface area contributed by atoms with E-state index in [-0.39, 0.29) is 16.9 Å². The molecule has 1 saturated carbocycles. The summed E-state index contributed by atoms with van der Waals surface area (Å²) in [6.45, 7) is 0. The number of rotatable bonds is 4. The summed E-state index contributed by atoms with van der Waals surface area (Å²) in [4.78, 5) is 4.50. The van der Waals surface area contributed by atoms with Gasteiger partial charge in [0.25, 0.3) is 5.17 Å². The number of hydrogen-bond donors (Lipinski definition) is 1. The number of halogens is 1. The van der Waals surface area contributed by atoms with Gasteiger partial charge in [0.2, 0.25) is 0 Å². The highest BCUT2D eigenvalue weighted by atomic mass is 32.1. The number of ether oxygens (including phenoxy) is 1. The van der Waals surface area contributed by atoms with E-state index in [0.29, 0.717) is 0 Å². The monoisotopic (exact) mass is 350 g/mol. The van der Waals surface area contributed by atoms with E-state index in [9.17, 15) is 4.39 Å². The molecule has 0 spiro atoms. The van der Waals surface area contributed by atoms with E-state index >= 15 is 0 Å². The summed E-state index contributed by atoms with van der Waals surface area (Å²) < 4.78 is 19.5. The molecule has 2 aromatic rings. The van der Waals surface area contributed by atoms with Crippen LogP contribution in [-0.2, 0) is 10.3 Å². The van der Waals surface area contributed by atoms with Crippen LogP contribution in [0.4, 0.5) is 4.39 Å². The van der Waals surface area contributed by atoms with Crippen molar-refractivity contribution >= 4 is 28.7 Å². The summed E-state index contributed by atoms with van der Waals surface area (Å²) in [5.74, 6) is -0.0601. The zero-order valence-corrected chi connectivity index (χ0v) is 14.3. The first-order valence-corrected chi connectivity index (χ1v) is 9.06. The van der Waals surface area contributed by atoms with Crippen molar-refractivity contribution in [3.8, 4) is 0 Å². The van der Waals surface area contributed by atoms with Gasteiger partial charge in [-0.25, -0.2) is 9.37 Å². The lowest BCUT2D eigenvalue weighted by Gasteiger charge is -2.41. The maximum Gasteiger partial charge on any atom is 0.255 e. The summed E-state index contributed by atoms with van der Waals surface area (Å²) in [7, 11) is 0. The van der Waals surface area contributed by atoms with Gasteiger partial charge in [-0.15, -0.1) is 11.3 Å². The van der Waals surface area contributed by atoms with E-state index in [2.05, 4.69) is 4.98 Å². The van der Waals surface area contributed by atoms with Crippen molar-refractivity contribution in [1.29, 1.82) is 0 Å². The number of hydrogen-bond acceptors (Lipinski definition) is 4.